The Balaban J connectivity index is 1.76. The highest BCUT2D eigenvalue weighted by atomic mass is 15.1. The average molecular weight is 277 g/mol. The predicted octanol–water partition coefficient (Wildman–Crippen LogP) is 2.44. The van der Waals surface area contributed by atoms with Gasteiger partial charge in [0.25, 0.3) is 0 Å². The predicted molar refractivity (Wildman–Crippen MR) is 84.1 cm³/mol. The first kappa shape index (κ1) is 15.0. The van der Waals surface area contributed by atoms with Crippen LogP contribution in [0.5, 0.6) is 0 Å². The zero-order valence-electron chi connectivity index (χ0n) is 12.7. The summed E-state index contributed by atoms with van der Waals surface area (Å²) in [5, 5.41) is 6.74. The molecule has 0 saturated carbocycles. The molecule has 0 unspecified atom stereocenters. The van der Waals surface area contributed by atoms with E-state index < -0.39 is 0 Å². The number of nitrogens with zero attached hydrogens (tertiary/aromatic N) is 3. The third-order valence-electron chi connectivity index (χ3n) is 3.95. The van der Waals surface area contributed by atoms with Gasteiger partial charge in [-0.2, -0.15) is 0 Å². The van der Waals surface area contributed by atoms with Crippen LogP contribution in [0.4, 0.5) is 11.6 Å². The Labute approximate surface area is 122 Å². The molecule has 1 aromatic heterocycles. The van der Waals surface area contributed by atoms with Crippen molar-refractivity contribution < 1.29 is 0 Å². The van der Waals surface area contributed by atoms with Gasteiger partial charge < -0.3 is 15.5 Å². The van der Waals surface area contributed by atoms with E-state index in [-0.39, 0.29) is 0 Å². The summed E-state index contributed by atoms with van der Waals surface area (Å²) >= 11 is 0. The first-order chi connectivity index (χ1) is 9.81. The molecule has 0 amide bonds. The highest BCUT2D eigenvalue weighted by Gasteiger charge is 2.17. The Morgan fingerprint density at radius 3 is 2.50 bits per heavy atom. The van der Waals surface area contributed by atoms with Crippen molar-refractivity contribution in [1.82, 2.24) is 14.9 Å². The van der Waals surface area contributed by atoms with E-state index in [0.29, 0.717) is 0 Å². The van der Waals surface area contributed by atoms with Gasteiger partial charge >= 0.3 is 0 Å². The van der Waals surface area contributed by atoms with Crippen LogP contribution in [0, 0.1) is 5.92 Å². The minimum Gasteiger partial charge on any atom is -0.370 e. The molecule has 2 N–H and O–H groups in total. The molecule has 1 aromatic rings. The summed E-state index contributed by atoms with van der Waals surface area (Å²) < 4.78 is 0. The molecule has 1 fully saturated rings. The van der Waals surface area contributed by atoms with Crippen LogP contribution in [-0.4, -0.2) is 47.6 Å². The molecule has 0 atom stereocenters. The molecule has 5 nitrogen and oxygen atoms in total. The summed E-state index contributed by atoms with van der Waals surface area (Å²) in [5.41, 5.74) is 0. The number of hydrogen-bond donors (Lipinski definition) is 2. The summed E-state index contributed by atoms with van der Waals surface area (Å²) in [4.78, 5) is 11.0. The van der Waals surface area contributed by atoms with Crippen LogP contribution in [0.1, 0.15) is 33.1 Å². The lowest BCUT2D eigenvalue weighted by atomic mass is 9.97. The summed E-state index contributed by atoms with van der Waals surface area (Å²) in [6, 6.07) is 2.00. The minimum absolute atomic E-state index is 0.764. The quantitative estimate of drug-likeness (QED) is 0.802. The number of hydrogen-bond acceptors (Lipinski definition) is 5. The van der Waals surface area contributed by atoms with Crippen LogP contribution in [0.2, 0.25) is 0 Å². The molecule has 2 rings (SSSR count). The Kier molecular flexibility index (Phi) is 6.05. The van der Waals surface area contributed by atoms with Crippen LogP contribution in [0.3, 0.4) is 0 Å². The molecule has 0 bridgehead atoms. The van der Waals surface area contributed by atoms with Crippen molar-refractivity contribution in [3.63, 3.8) is 0 Å². The zero-order valence-corrected chi connectivity index (χ0v) is 12.7. The van der Waals surface area contributed by atoms with E-state index in [1.807, 2.05) is 6.07 Å². The molecular weight excluding hydrogens is 250 g/mol. The van der Waals surface area contributed by atoms with Crippen LogP contribution in [-0.2, 0) is 0 Å². The average Bonchev–Trinajstić information content (AvgIpc) is 2.52. The lowest BCUT2D eigenvalue weighted by molar-refractivity contribution is 0.198. The number of rotatable bonds is 7. The number of aromatic nitrogens is 2. The summed E-state index contributed by atoms with van der Waals surface area (Å²) in [5.74, 6) is 2.60. The second kappa shape index (κ2) is 8.04. The lowest BCUT2D eigenvalue weighted by Crippen LogP contribution is -2.35. The van der Waals surface area contributed by atoms with Crippen molar-refractivity contribution in [2.75, 3.05) is 43.4 Å². The summed E-state index contributed by atoms with van der Waals surface area (Å²) in [6.45, 7) is 10.00. The smallest absolute Gasteiger partial charge is 0.131 e. The molecule has 0 aromatic carbocycles. The van der Waals surface area contributed by atoms with Gasteiger partial charge in [-0.05, 0) is 44.8 Å². The van der Waals surface area contributed by atoms with Crippen LogP contribution in [0.25, 0.3) is 0 Å². The molecule has 1 aliphatic rings. The van der Waals surface area contributed by atoms with E-state index in [1.165, 1.54) is 32.5 Å². The molecule has 112 valence electrons. The van der Waals surface area contributed by atoms with Crippen LogP contribution >= 0.6 is 0 Å². The van der Waals surface area contributed by atoms with Gasteiger partial charge in [0, 0.05) is 19.2 Å². The van der Waals surface area contributed by atoms with Gasteiger partial charge in [-0.3, -0.25) is 0 Å². The van der Waals surface area contributed by atoms with Gasteiger partial charge in [-0.25, -0.2) is 9.97 Å². The van der Waals surface area contributed by atoms with E-state index in [0.717, 1.165) is 37.1 Å². The van der Waals surface area contributed by atoms with Crippen molar-refractivity contribution >= 4 is 11.6 Å². The van der Waals surface area contributed by atoms with Crippen LogP contribution < -0.4 is 10.6 Å². The van der Waals surface area contributed by atoms with E-state index in [9.17, 15) is 0 Å². The molecular formula is C15H27N5. The molecule has 1 saturated heterocycles. The molecule has 20 heavy (non-hydrogen) atoms. The molecule has 0 radical (unpaired) electrons. The number of anilines is 2. The maximum absolute atomic E-state index is 4.29. The van der Waals surface area contributed by atoms with Crippen LogP contribution in [0.15, 0.2) is 12.4 Å². The van der Waals surface area contributed by atoms with Gasteiger partial charge in [0.2, 0.25) is 0 Å². The van der Waals surface area contributed by atoms with Gasteiger partial charge in [0.1, 0.15) is 18.0 Å². The maximum atomic E-state index is 4.29. The third-order valence-corrected chi connectivity index (χ3v) is 3.95. The Hall–Kier alpha value is -1.36. The number of likely N-dealkylation sites (tertiary alicyclic amines) is 1. The van der Waals surface area contributed by atoms with Crippen molar-refractivity contribution in [2.24, 2.45) is 5.92 Å². The van der Waals surface area contributed by atoms with Gasteiger partial charge in [0.15, 0.2) is 0 Å². The van der Waals surface area contributed by atoms with Crippen molar-refractivity contribution in [3.05, 3.63) is 12.4 Å². The topological polar surface area (TPSA) is 53.1 Å². The van der Waals surface area contributed by atoms with Gasteiger partial charge in [0.05, 0.1) is 0 Å². The monoisotopic (exact) mass is 277 g/mol. The normalized spacial score (nSPS) is 17.1. The van der Waals surface area contributed by atoms with E-state index in [4.69, 9.17) is 0 Å². The molecule has 0 aliphatic carbocycles. The third kappa shape index (κ3) is 4.63. The zero-order chi connectivity index (χ0) is 14.2. The SMILES string of the molecule is CCCNc1cc(NCC2CCN(CC)CC2)ncn1. The fraction of sp³-hybridized carbons (Fsp3) is 0.733. The largest absolute Gasteiger partial charge is 0.370 e. The maximum Gasteiger partial charge on any atom is 0.131 e. The van der Waals surface area contributed by atoms with Gasteiger partial charge in [-0.1, -0.05) is 13.8 Å². The van der Waals surface area contributed by atoms with E-state index in [2.05, 4.69) is 39.3 Å². The molecule has 0 spiro atoms. The van der Waals surface area contributed by atoms with Crippen molar-refractivity contribution in [3.8, 4) is 0 Å². The second-order valence-corrected chi connectivity index (χ2v) is 5.47. The number of nitrogens with one attached hydrogen (secondary N) is 2. The first-order valence-electron chi connectivity index (χ1n) is 7.84. The fourth-order valence-electron chi connectivity index (χ4n) is 2.56. The summed E-state index contributed by atoms with van der Waals surface area (Å²) in [7, 11) is 0. The highest BCUT2D eigenvalue weighted by Crippen LogP contribution is 2.18. The molecule has 2 heterocycles. The minimum atomic E-state index is 0.764. The summed E-state index contributed by atoms with van der Waals surface area (Å²) in [6.07, 6.45) is 5.29. The van der Waals surface area contributed by atoms with E-state index in [1.54, 1.807) is 6.33 Å². The Bertz CT molecular complexity index is 388. The van der Waals surface area contributed by atoms with Crippen molar-refractivity contribution in [1.29, 1.82) is 0 Å². The Morgan fingerprint density at radius 2 is 1.85 bits per heavy atom. The van der Waals surface area contributed by atoms with Gasteiger partial charge in [-0.15, -0.1) is 0 Å². The Morgan fingerprint density at radius 1 is 1.15 bits per heavy atom. The standard InChI is InChI=1S/C15H27N5/c1-3-7-16-14-10-15(19-12-18-14)17-11-13-5-8-20(4-2)9-6-13/h10,12-13H,3-9,11H2,1-2H3,(H2,16,17,18,19). The second-order valence-electron chi connectivity index (χ2n) is 5.47. The molecule has 5 heteroatoms. The fourth-order valence-corrected chi connectivity index (χ4v) is 2.56. The number of piperidine rings is 1. The first-order valence-corrected chi connectivity index (χ1v) is 7.84. The highest BCUT2D eigenvalue weighted by molar-refractivity contribution is 5.46. The van der Waals surface area contributed by atoms with Crippen molar-refractivity contribution in [2.45, 2.75) is 33.1 Å². The van der Waals surface area contributed by atoms with E-state index >= 15 is 0 Å². The molecule has 1 aliphatic heterocycles. The lowest BCUT2D eigenvalue weighted by Gasteiger charge is -2.31.